The van der Waals surface area contributed by atoms with Gasteiger partial charge in [0, 0.05) is 11.9 Å². The summed E-state index contributed by atoms with van der Waals surface area (Å²) in [7, 11) is 0. The number of rotatable bonds is 6. The molecule has 1 aromatic carbocycles. The highest BCUT2D eigenvalue weighted by atomic mass is 35.5. The Morgan fingerprint density at radius 2 is 2.15 bits per heavy atom. The minimum absolute atomic E-state index is 0.00240. The Kier molecular flexibility index (Phi) is 6.09. The highest BCUT2D eigenvalue weighted by Crippen LogP contribution is 2.33. The molecule has 2 rings (SSSR count). The highest BCUT2D eigenvalue weighted by Gasteiger charge is 2.34. The molecule has 1 aromatic heterocycles. The van der Waals surface area contributed by atoms with Crippen molar-refractivity contribution < 1.29 is 22.3 Å². The summed E-state index contributed by atoms with van der Waals surface area (Å²) in [5.41, 5.74) is 6.18. The second kappa shape index (κ2) is 8.09. The van der Waals surface area contributed by atoms with Crippen molar-refractivity contribution in [2.24, 2.45) is 5.11 Å². The van der Waals surface area contributed by atoms with E-state index in [0.717, 1.165) is 12.3 Å². The van der Waals surface area contributed by atoms with E-state index in [0.29, 0.717) is 22.8 Å². The molecule has 0 saturated carbocycles. The van der Waals surface area contributed by atoms with E-state index in [4.69, 9.17) is 21.9 Å². The number of anilines is 1. The number of halogens is 5. The molecule has 2 aromatic rings. The third-order valence-electron chi connectivity index (χ3n) is 3.07. The molecule has 0 aliphatic rings. The zero-order chi connectivity index (χ0) is 19.3. The predicted octanol–water partition coefficient (Wildman–Crippen LogP) is 4.96. The molecule has 2 N–H and O–H groups in total. The fourth-order valence-electron chi connectivity index (χ4n) is 1.74. The van der Waals surface area contributed by atoms with E-state index in [-0.39, 0.29) is 24.0 Å². The number of hydrogen-bond acceptors (Lipinski definition) is 6. The van der Waals surface area contributed by atoms with Crippen LogP contribution in [0.1, 0.15) is 11.3 Å². The van der Waals surface area contributed by atoms with Crippen LogP contribution in [0.25, 0.3) is 0 Å². The molecule has 138 valence electrons. The normalized spacial score (nSPS) is 12.0. The van der Waals surface area contributed by atoms with E-state index in [2.05, 4.69) is 20.4 Å². The topological polar surface area (TPSA) is 83.2 Å². The summed E-state index contributed by atoms with van der Waals surface area (Å²) < 4.78 is 56.5. The van der Waals surface area contributed by atoms with E-state index in [1.807, 2.05) is 0 Å². The Balaban J connectivity index is 2.07. The van der Waals surface area contributed by atoms with Crippen molar-refractivity contribution in [3.05, 3.63) is 58.4 Å². The Bertz CT molecular complexity index is 841. The van der Waals surface area contributed by atoms with Crippen molar-refractivity contribution in [2.75, 3.05) is 11.9 Å². The van der Waals surface area contributed by atoms with Crippen LogP contribution in [0.5, 0.6) is 6.01 Å². The molecule has 0 atom stereocenters. The van der Waals surface area contributed by atoms with Crippen molar-refractivity contribution in [2.45, 2.75) is 13.1 Å². The summed E-state index contributed by atoms with van der Waals surface area (Å²) in [5.74, 6) is -1.38. The third-order valence-corrected chi connectivity index (χ3v) is 3.44. The number of benzene rings is 1. The van der Waals surface area contributed by atoms with Crippen LogP contribution in [0.4, 0.5) is 23.2 Å². The average molecular weight is 390 g/mol. The summed E-state index contributed by atoms with van der Waals surface area (Å²) >= 11 is 5.79. The van der Waals surface area contributed by atoms with Gasteiger partial charge in [0.05, 0.1) is 22.5 Å². The molecule has 0 amide bonds. The van der Waals surface area contributed by atoms with Crippen molar-refractivity contribution in [3.8, 4) is 6.01 Å². The predicted molar refractivity (Wildman–Crippen MR) is 85.5 cm³/mol. The molecule has 6 nitrogen and oxygen atoms in total. The lowest BCUT2D eigenvalue weighted by Gasteiger charge is -2.10. The SMILES string of the molecule is Cc1nc(OC/C(=C/Nc2ccc(F)c(C(F)(F)F)c2)N=N)ncc1Cl. The Labute approximate surface area is 150 Å². The molecule has 0 saturated heterocycles. The van der Waals surface area contributed by atoms with E-state index in [9.17, 15) is 17.6 Å². The van der Waals surface area contributed by atoms with E-state index < -0.39 is 17.6 Å². The Morgan fingerprint density at radius 1 is 1.42 bits per heavy atom. The van der Waals surface area contributed by atoms with Crippen LogP contribution in [0.3, 0.4) is 0 Å². The zero-order valence-corrected chi connectivity index (χ0v) is 14.0. The molecule has 0 aliphatic heterocycles. The first kappa shape index (κ1) is 19.6. The molecule has 0 aliphatic carbocycles. The molecule has 0 spiro atoms. The number of ether oxygens (including phenoxy) is 1. The van der Waals surface area contributed by atoms with Crippen LogP contribution < -0.4 is 10.1 Å². The lowest BCUT2D eigenvalue weighted by Crippen LogP contribution is -2.09. The van der Waals surface area contributed by atoms with Crippen LogP contribution in [-0.4, -0.2) is 16.6 Å². The van der Waals surface area contributed by atoms with Gasteiger partial charge in [0.2, 0.25) is 0 Å². The second-order valence-corrected chi connectivity index (χ2v) is 5.37. The second-order valence-electron chi connectivity index (χ2n) is 4.96. The molecule has 0 bridgehead atoms. The summed E-state index contributed by atoms with van der Waals surface area (Å²) in [6.45, 7) is 1.43. The van der Waals surface area contributed by atoms with E-state index in [1.165, 1.54) is 6.20 Å². The van der Waals surface area contributed by atoms with Crippen LogP contribution in [0.2, 0.25) is 5.02 Å². The number of aryl methyl sites for hydroxylation is 1. The lowest BCUT2D eigenvalue weighted by molar-refractivity contribution is -0.139. The molecule has 0 radical (unpaired) electrons. The van der Waals surface area contributed by atoms with Gasteiger partial charge in [-0.3, -0.25) is 0 Å². The lowest BCUT2D eigenvalue weighted by atomic mass is 10.2. The first-order valence-corrected chi connectivity index (χ1v) is 7.40. The van der Waals surface area contributed by atoms with Gasteiger partial charge in [-0.05, 0) is 25.1 Å². The molecule has 1 heterocycles. The van der Waals surface area contributed by atoms with Gasteiger partial charge in [0.15, 0.2) is 0 Å². The molecule has 11 heteroatoms. The quantitative estimate of drug-likeness (QED) is 0.540. The number of nitrogens with zero attached hydrogens (tertiary/aromatic N) is 3. The van der Waals surface area contributed by atoms with Gasteiger partial charge in [0.25, 0.3) is 0 Å². The maximum absolute atomic E-state index is 13.2. The number of alkyl halides is 3. The van der Waals surface area contributed by atoms with Crippen molar-refractivity contribution >= 4 is 17.3 Å². The van der Waals surface area contributed by atoms with Crippen LogP contribution in [0.15, 0.2) is 41.4 Å². The van der Waals surface area contributed by atoms with Crippen LogP contribution in [0, 0.1) is 18.3 Å². The Morgan fingerprint density at radius 3 is 2.77 bits per heavy atom. The van der Waals surface area contributed by atoms with Gasteiger partial charge in [-0.25, -0.2) is 14.9 Å². The maximum Gasteiger partial charge on any atom is 0.419 e. The maximum atomic E-state index is 13.2. The first-order valence-electron chi connectivity index (χ1n) is 7.02. The van der Waals surface area contributed by atoms with Gasteiger partial charge >= 0.3 is 12.2 Å². The largest absolute Gasteiger partial charge is 0.457 e. The minimum atomic E-state index is -4.82. The van der Waals surface area contributed by atoms with Gasteiger partial charge in [0.1, 0.15) is 18.1 Å². The van der Waals surface area contributed by atoms with Crippen LogP contribution in [-0.2, 0) is 6.18 Å². The minimum Gasteiger partial charge on any atom is -0.457 e. The Hall–Kier alpha value is -2.75. The van der Waals surface area contributed by atoms with E-state index >= 15 is 0 Å². The van der Waals surface area contributed by atoms with E-state index in [1.54, 1.807) is 6.92 Å². The molecular formula is C15H12ClF4N5O. The van der Waals surface area contributed by atoms with Crippen LogP contribution >= 0.6 is 11.6 Å². The van der Waals surface area contributed by atoms with Gasteiger partial charge in [-0.1, -0.05) is 11.6 Å². The van der Waals surface area contributed by atoms with Crippen molar-refractivity contribution in [1.82, 2.24) is 9.97 Å². The molecule has 26 heavy (non-hydrogen) atoms. The number of hydrogen-bond donors (Lipinski definition) is 2. The summed E-state index contributed by atoms with van der Waals surface area (Å²) in [5, 5.41) is 6.06. The first-order chi connectivity index (χ1) is 12.2. The summed E-state index contributed by atoms with van der Waals surface area (Å²) in [6, 6.07) is 2.43. The fraction of sp³-hybridized carbons (Fsp3) is 0.200. The van der Waals surface area contributed by atoms with Gasteiger partial charge < -0.3 is 10.1 Å². The summed E-state index contributed by atoms with van der Waals surface area (Å²) in [4.78, 5) is 7.79. The monoisotopic (exact) mass is 389 g/mol. The smallest absolute Gasteiger partial charge is 0.419 e. The number of nitrogens with one attached hydrogen (secondary N) is 2. The third kappa shape index (κ3) is 5.12. The highest BCUT2D eigenvalue weighted by molar-refractivity contribution is 6.31. The van der Waals surface area contributed by atoms with Gasteiger partial charge in [-0.2, -0.15) is 23.3 Å². The zero-order valence-electron chi connectivity index (χ0n) is 13.2. The van der Waals surface area contributed by atoms with Crippen molar-refractivity contribution in [1.29, 1.82) is 5.53 Å². The standard InChI is InChI=1S/C15H12ClF4N5O/c1-8-12(16)6-23-14(24-8)26-7-10(25-21)5-22-9-2-3-13(17)11(4-9)15(18,19)20/h2-6,21-22H,7H2,1H3/b10-5-,25-21?. The molecule has 0 fully saturated rings. The average Bonchev–Trinajstić information content (AvgIpc) is 2.58. The molecule has 0 unspecified atom stereocenters. The summed E-state index contributed by atoms with van der Waals surface area (Å²) in [6.07, 6.45) is -2.32. The van der Waals surface area contributed by atoms with Crippen molar-refractivity contribution in [3.63, 3.8) is 0 Å². The number of aromatic nitrogens is 2. The van der Waals surface area contributed by atoms with Gasteiger partial charge in [-0.15, -0.1) is 0 Å². The fourth-order valence-corrected chi connectivity index (χ4v) is 1.84. The molecular weight excluding hydrogens is 378 g/mol.